The summed E-state index contributed by atoms with van der Waals surface area (Å²) in [6.45, 7) is 4.49. The molecule has 27 heavy (non-hydrogen) atoms. The van der Waals surface area contributed by atoms with Crippen LogP contribution in [0.3, 0.4) is 0 Å². The first-order valence-corrected chi connectivity index (χ1v) is 9.17. The Morgan fingerprint density at radius 3 is 2.59 bits per heavy atom. The Bertz CT molecular complexity index is 917. The number of ether oxygens (including phenoxy) is 1. The van der Waals surface area contributed by atoms with Crippen molar-refractivity contribution in [3.05, 3.63) is 65.2 Å². The highest BCUT2D eigenvalue weighted by atomic mass is 16.5. The number of nitrogens with zero attached hydrogens (tertiary/aromatic N) is 1. The van der Waals surface area contributed by atoms with Gasteiger partial charge in [0.05, 0.1) is 0 Å². The van der Waals surface area contributed by atoms with Gasteiger partial charge < -0.3 is 15.0 Å². The summed E-state index contributed by atoms with van der Waals surface area (Å²) in [5, 5.41) is 2.95. The van der Waals surface area contributed by atoms with Crippen molar-refractivity contribution in [1.29, 1.82) is 0 Å². The van der Waals surface area contributed by atoms with Crippen LogP contribution in [0.25, 0.3) is 6.08 Å². The lowest BCUT2D eigenvalue weighted by Gasteiger charge is -2.40. The van der Waals surface area contributed by atoms with Gasteiger partial charge in [0.15, 0.2) is 0 Å². The summed E-state index contributed by atoms with van der Waals surface area (Å²) >= 11 is 0. The zero-order chi connectivity index (χ0) is 19.0. The van der Waals surface area contributed by atoms with Crippen LogP contribution >= 0.6 is 0 Å². The highest BCUT2D eigenvalue weighted by Gasteiger charge is 2.41. The van der Waals surface area contributed by atoms with E-state index in [0.717, 1.165) is 22.4 Å². The number of hydrogen-bond donors (Lipinski definition) is 1. The average molecular weight is 362 g/mol. The molecule has 1 fully saturated rings. The number of rotatable bonds is 4. The van der Waals surface area contributed by atoms with Gasteiger partial charge in [0.1, 0.15) is 17.9 Å². The number of carbonyl (C=O) groups is 2. The number of para-hydroxylation sites is 1. The van der Waals surface area contributed by atoms with Crippen LogP contribution in [0.2, 0.25) is 0 Å². The van der Waals surface area contributed by atoms with Crippen LogP contribution < -0.4 is 10.1 Å². The van der Waals surface area contributed by atoms with Crippen molar-refractivity contribution < 1.29 is 14.3 Å². The molecule has 0 bridgehead atoms. The minimum Gasteiger partial charge on any atom is -0.486 e. The van der Waals surface area contributed by atoms with E-state index in [1.807, 2.05) is 68.5 Å². The molecule has 0 aromatic heterocycles. The van der Waals surface area contributed by atoms with Gasteiger partial charge in [0.2, 0.25) is 5.91 Å². The van der Waals surface area contributed by atoms with Crippen LogP contribution in [0.5, 0.6) is 5.75 Å². The monoisotopic (exact) mass is 362 g/mol. The SMILES string of the molecule is Cc1ccc(NC(=O)[C@@H](C2=Cc3ccccc3O[C@H]2C)N2CCC2=O)cc1. The van der Waals surface area contributed by atoms with E-state index in [-0.39, 0.29) is 17.9 Å². The second-order valence-corrected chi connectivity index (χ2v) is 7.04. The fourth-order valence-corrected chi connectivity index (χ4v) is 3.49. The molecule has 2 aliphatic rings. The van der Waals surface area contributed by atoms with Crippen molar-refractivity contribution in [3.63, 3.8) is 0 Å². The number of likely N-dealkylation sites (tertiary alicyclic amines) is 1. The summed E-state index contributed by atoms with van der Waals surface area (Å²) in [7, 11) is 0. The fraction of sp³-hybridized carbons (Fsp3) is 0.273. The molecule has 0 spiro atoms. The molecule has 2 atom stereocenters. The smallest absolute Gasteiger partial charge is 0.251 e. The van der Waals surface area contributed by atoms with Gasteiger partial charge in [0.25, 0.3) is 5.91 Å². The first-order chi connectivity index (χ1) is 13.0. The first-order valence-electron chi connectivity index (χ1n) is 9.17. The standard InChI is InChI=1S/C22H22N2O3/c1-14-7-9-17(10-8-14)23-22(26)21(24-12-11-20(24)25)18-13-16-5-3-4-6-19(16)27-15(18)2/h3-10,13,15,21H,11-12H2,1-2H3,(H,23,26)/t15-,21+/m0/s1. The molecule has 1 N–H and O–H groups in total. The van der Waals surface area contributed by atoms with Crippen molar-refractivity contribution in [2.45, 2.75) is 32.4 Å². The third kappa shape index (κ3) is 3.33. The van der Waals surface area contributed by atoms with E-state index in [1.165, 1.54) is 0 Å². The quantitative estimate of drug-likeness (QED) is 0.848. The molecule has 1 saturated heterocycles. The number of aryl methyl sites for hydroxylation is 1. The zero-order valence-electron chi connectivity index (χ0n) is 15.4. The molecule has 0 aliphatic carbocycles. The Labute approximate surface area is 158 Å². The van der Waals surface area contributed by atoms with Gasteiger partial charge in [-0.1, -0.05) is 35.9 Å². The van der Waals surface area contributed by atoms with E-state index in [9.17, 15) is 9.59 Å². The number of β-lactam (4-membered cyclic amide) rings is 1. The number of benzene rings is 2. The van der Waals surface area contributed by atoms with Crippen LogP contribution in [0.4, 0.5) is 5.69 Å². The molecule has 0 radical (unpaired) electrons. The summed E-state index contributed by atoms with van der Waals surface area (Å²) in [5.74, 6) is 0.570. The molecule has 0 unspecified atom stereocenters. The molecular weight excluding hydrogens is 340 g/mol. The van der Waals surface area contributed by atoms with Gasteiger partial charge in [-0.05, 0) is 38.1 Å². The minimum absolute atomic E-state index is 0.00832. The summed E-state index contributed by atoms with van der Waals surface area (Å²) in [5.41, 5.74) is 3.56. The average Bonchev–Trinajstić information content (AvgIpc) is 2.66. The third-order valence-corrected chi connectivity index (χ3v) is 5.10. The van der Waals surface area contributed by atoms with Crippen LogP contribution in [-0.4, -0.2) is 35.4 Å². The largest absolute Gasteiger partial charge is 0.486 e. The highest BCUT2D eigenvalue weighted by molar-refractivity contribution is 6.01. The highest BCUT2D eigenvalue weighted by Crippen LogP contribution is 2.34. The number of anilines is 1. The molecule has 5 heteroatoms. The molecule has 2 aliphatic heterocycles. The summed E-state index contributed by atoms with van der Waals surface area (Å²) in [6.07, 6.45) is 2.17. The second-order valence-electron chi connectivity index (χ2n) is 7.04. The molecule has 4 rings (SSSR count). The molecule has 5 nitrogen and oxygen atoms in total. The second kappa shape index (κ2) is 6.91. The van der Waals surface area contributed by atoms with Gasteiger partial charge >= 0.3 is 0 Å². The molecule has 0 saturated carbocycles. The maximum atomic E-state index is 13.1. The van der Waals surface area contributed by atoms with Gasteiger partial charge in [-0.3, -0.25) is 9.59 Å². The Balaban J connectivity index is 1.67. The maximum absolute atomic E-state index is 13.1. The van der Waals surface area contributed by atoms with Crippen LogP contribution in [0, 0.1) is 6.92 Å². The lowest BCUT2D eigenvalue weighted by molar-refractivity contribution is -0.146. The van der Waals surface area contributed by atoms with Gasteiger partial charge in [-0.25, -0.2) is 0 Å². The minimum atomic E-state index is -0.670. The van der Waals surface area contributed by atoms with Crippen molar-refractivity contribution in [1.82, 2.24) is 4.90 Å². The number of nitrogens with one attached hydrogen (secondary N) is 1. The summed E-state index contributed by atoms with van der Waals surface area (Å²) in [4.78, 5) is 26.9. The van der Waals surface area contributed by atoms with E-state index < -0.39 is 6.04 Å². The Morgan fingerprint density at radius 2 is 1.93 bits per heavy atom. The van der Waals surface area contributed by atoms with E-state index in [4.69, 9.17) is 4.74 Å². The molecule has 2 aromatic carbocycles. The summed E-state index contributed by atoms with van der Waals surface area (Å²) < 4.78 is 6.01. The van der Waals surface area contributed by atoms with Gasteiger partial charge in [-0.15, -0.1) is 0 Å². The number of hydrogen-bond acceptors (Lipinski definition) is 3. The Kier molecular flexibility index (Phi) is 4.44. The molecule has 2 aromatic rings. The predicted octanol–water partition coefficient (Wildman–Crippen LogP) is 3.40. The van der Waals surface area contributed by atoms with Crippen molar-refractivity contribution in [2.24, 2.45) is 0 Å². The van der Waals surface area contributed by atoms with E-state index in [1.54, 1.807) is 4.90 Å². The number of carbonyl (C=O) groups excluding carboxylic acids is 2. The van der Waals surface area contributed by atoms with Gasteiger partial charge in [-0.2, -0.15) is 0 Å². The van der Waals surface area contributed by atoms with E-state index in [0.29, 0.717) is 18.7 Å². The Hall–Kier alpha value is -3.08. The van der Waals surface area contributed by atoms with E-state index in [2.05, 4.69) is 5.32 Å². The predicted molar refractivity (Wildman–Crippen MR) is 104 cm³/mol. The maximum Gasteiger partial charge on any atom is 0.251 e. The van der Waals surface area contributed by atoms with Gasteiger partial charge in [0, 0.05) is 29.8 Å². The first kappa shape index (κ1) is 17.3. The lowest BCUT2D eigenvalue weighted by Crippen LogP contribution is -2.57. The number of fused-ring (bicyclic) bond motifs is 1. The van der Waals surface area contributed by atoms with Crippen LogP contribution in [0.15, 0.2) is 54.1 Å². The molecule has 2 amide bonds. The normalized spacial score (nSPS) is 19.3. The topological polar surface area (TPSA) is 58.6 Å². The molecular formula is C22H22N2O3. The van der Waals surface area contributed by atoms with Crippen LogP contribution in [0.1, 0.15) is 24.5 Å². The fourth-order valence-electron chi connectivity index (χ4n) is 3.49. The Morgan fingerprint density at radius 1 is 1.19 bits per heavy atom. The number of amides is 2. The van der Waals surface area contributed by atoms with Crippen LogP contribution in [-0.2, 0) is 9.59 Å². The zero-order valence-corrected chi connectivity index (χ0v) is 15.4. The third-order valence-electron chi connectivity index (χ3n) is 5.10. The lowest BCUT2D eigenvalue weighted by atomic mass is 9.92. The van der Waals surface area contributed by atoms with E-state index >= 15 is 0 Å². The molecule has 138 valence electrons. The molecule has 2 heterocycles. The van der Waals surface area contributed by atoms with Crippen molar-refractivity contribution in [2.75, 3.05) is 11.9 Å². The van der Waals surface area contributed by atoms with Crippen molar-refractivity contribution in [3.8, 4) is 5.75 Å². The van der Waals surface area contributed by atoms with Crippen molar-refractivity contribution >= 4 is 23.6 Å². The summed E-state index contributed by atoms with van der Waals surface area (Å²) in [6, 6.07) is 14.7.